The Labute approximate surface area is 654 Å². The number of carbonyl (C=O) groups is 8. The number of hydrogen-bond donors (Lipinski definition) is 18. The Balaban J connectivity index is 1.08. The number of phenols is 3. The minimum Gasteiger partial charge on any atom is -0.508 e. The molecule has 0 aromatic heterocycles. The smallest absolute Gasteiger partial charge is 0.248 e. The number of nitrogens with one attached hydrogen (secondary N) is 6. The van der Waals surface area contributed by atoms with E-state index in [4.69, 9.17) is 43.6 Å². The third-order valence-corrected chi connectivity index (χ3v) is 21.4. The van der Waals surface area contributed by atoms with Gasteiger partial charge >= 0.3 is 0 Å². The normalized spacial score (nSPS) is 30.2. The van der Waals surface area contributed by atoms with Gasteiger partial charge in [0.05, 0.1) is 37.5 Å². The van der Waals surface area contributed by atoms with Crippen molar-refractivity contribution in [1.82, 2.24) is 36.8 Å². The monoisotopic (exact) mass is 1590 g/mol. The number of hydrogen-bond acceptors (Lipinski definition) is 28. The number of aliphatic hydroxyl groups excluding tert-OH is 8. The van der Waals surface area contributed by atoms with Gasteiger partial charge in [0, 0.05) is 34.9 Å². The van der Waals surface area contributed by atoms with Crippen molar-refractivity contribution < 1.29 is 132 Å². The van der Waals surface area contributed by atoms with Gasteiger partial charge in [0.25, 0.3) is 0 Å². The molecule has 22 atom stereocenters. The lowest BCUT2D eigenvalue weighted by Crippen LogP contribution is -2.65. The molecule has 5 aromatic rings. The van der Waals surface area contributed by atoms with Gasteiger partial charge in [-0.3, -0.25) is 43.3 Å². The first kappa shape index (κ1) is 84.8. The van der Waals surface area contributed by atoms with Gasteiger partial charge in [0.1, 0.15) is 120 Å². The average molecular weight is 1590 g/mol. The van der Waals surface area contributed by atoms with Crippen molar-refractivity contribution in [3.05, 3.63) is 129 Å². The molecular formula is C79H98N8O27. The number of benzene rings is 5. The first-order chi connectivity index (χ1) is 53.9. The summed E-state index contributed by atoms with van der Waals surface area (Å²) in [5.74, 6) is -13.8. The Kier molecular flexibility index (Phi) is 26.0. The van der Waals surface area contributed by atoms with E-state index in [2.05, 4.69) is 31.9 Å². The largest absolute Gasteiger partial charge is 0.508 e. The molecule has 0 aliphatic carbocycles. The van der Waals surface area contributed by atoms with Crippen molar-refractivity contribution in [1.29, 1.82) is 0 Å². The molecule has 0 spiro atoms. The van der Waals surface area contributed by atoms with Crippen molar-refractivity contribution in [3.63, 3.8) is 0 Å². The summed E-state index contributed by atoms with van der Waals surface area (Å²) in [6.07, 6.45) is -22.3. The SMILES string of the molecule is CCC1=C[C@H](O)[C@@H](C)[C@H](O[C@H]2[C@H](O)[C@@H](O)[C@H](O[C@H]3[C@H](O)[C@@H](O)[C@H](Oc4c5cc6cc4Oc4ccc(cc4C)[C@@H](O)[C@@H](NC(=O)[C@@H](CC(C)C)N(C)C)C(=O)N[C@@H](CC(N)=O)C(=O)N[C@H]6C(=O)N[C@H]4C(=O)N[C@H](C(=O)N[C@@H](C(C)=O)c6cc(O)c(C)c(O)c6-c6cc4ccc6O)[C@H](C)c4ccc(c(C)c4)O5)O[C@@H]3CO)O[C@@H]2CO)O1. The number of ketones is 1. The molecule has 13 rings (SSSR count). The van der Waals surface area contributed by atoms with Crippen LogP contribution in [0.2, 0.25) is 0 Å². The number of nitrogens with zero attached hydrogens (tertiary/aromatic N) is 1. The van der Waals surface area contributed by atoms with E-state index in [0.717, 1.165) is 31.2 Å². The lowest BCUT2D eigenvalue weighted by atomic mass is 9.86. The maximum absolute atomic E-state index is 16.2. The van der Waals surface area contributed by atoms with E-state index in [1.165, 1.54) is 62.4 Å². The van der Waals surface area contributed by atoms with E-state index in [1.54, 1.807) is 52.8 Å². The lowest BCUT2D eigenvalue weighted by molar-refractivity contribution is -0.364. The second kappa shape index (κ2) is 34.9. The first-order valence-electron chi connectivity index (χ1n) is 37.3. The second-order valence-electron chi connectivity index (χ2n) is 30.2. The molecule has 11 bridgehead atoms. The molecule has 0 unspecified atom stereocenters. The van der Waals surface area contributed by atoms with E-state index < -0.39 is 235 Å². The number of likely N-dealkylation sites (N-methyl/N-ethyl adjacent to an activating group) is 1. The fraction of sp³-hybridized carbons (Fsp3) is 0.494. The van der Waals surface area contributed by atoms with Gasteiger partial charge in [-0.15, -0.1) is 0 Å². The molecular weight excluding hydrogens is 1490 g/mol. The van der Waals surface area contributed by atoms with Crippen LogP contribution in [0.25, 0.3) is 11.1 Å². The van der Waals surface area contributed by atoms with Crippen LogP contribution < -0.4 is 51.8 Å². The fourth-order valence-electron chi connectivity index (χ4n) is 14.7. The van der Waals surface area contributed by atoms with Gasteiger partial charge in [-0.05, 0) is 148 Å². The predicted octanol–water partition coefficient (Wildman–Crippen LogP) is 0.900. The number of Topliss-reactive ketones (excluding diaryl/α,β-unsaturated/α-hetero) is 1. The van der Waals surface area contributed by atoms with Crippen LogP contribution in [0.3, 0.4) is 0 Å². The number of aliphatic hydroxyl groups is 8. The molecule has 5 aromatic carbocycles. The van der Waals surface area contributed by atoms with E-state index in [9.17, 15) is 70.6 Å². The number of aryl methyl sites for hydroxylation is 2. The van der Waals surface area contributed by atoms with Gasteiger partial charge < -0.3 is 132 Å². The third-order valence-electron chi connectivity index (χ3n) is 21.4. The molecule has 35 nitrogen and oxygen atoms in total. The zero-order valence-electron chi connectivity index (χ0n) is 64.3. The summed E-state index contributed by atoms with van der Waals surface area (Å²) in [7, 11) is 3.25. The van der Waals surface area contributed by atoms with Crippen molar-refractivity contribution in [2.24, 2.45) is 17.6 Å². The number of ether oxygens (including phenoxy) is 8. The van der Waals surface area contributed by atoms with Crippen LogP contribution in [-0.2, 0) is 62.0 Å². The highest BCUT2D eigenvalue weighted by Crippen LogP contribution is 2.50. The van der Waals surface area contributed by atoms with Crippen molar-refractivity contribution in [2.75, 3.05) is 27.3 Å². The summed E-state index contributed by atoms with van der Waals surface area (Å²) in [5.41, 5.74) is 5.04. The van der Waals surface area contributed by atoms with Crippen LogP contribution in [0, 0.1) is 32.6 Å². The second-order valence-corrected chi connectivity index (χ2v) is 30.2. The third kappa shape index (κ3) is 17.6. The summed E-state index contributed by atoms with van der Waals surface area (Å²) >= 11 is 0. The van der Waals surface area contributed by atoms with E-state index in [-0.39, 0.29) is 73.9 Å². The molecule has 616 valence electrons. The van der Waals surface area contributed by atoms with Gasteiger partial charge in [0.2, 0.25) is 59.7 Å². The zero-order chi connectivity index (χ0) is 83.1. The molecule has 0 saturated carbocycles. The lowest BCUT2D eigenvalue weighted by Gasteiger charge is -2.47. The van der Waals surface area contributed by atoms with Crippen LogP contribution in [0.4, 0.5) is 0 Å². The molecule has 8 aliphatic heterocycles. The number of carbonyl (C=O) groups excluding carboxylic acids is 8. The maximum atomic E-state index is 16.2. The summed E-state index contributed by atoms with van der Waals surface area (Å²) in [6.45, 7) is 12.3. The Morgan fingerprint density at radius 3 is 1.77 bits per heavy atom. The highest BCUT2D eigenvalue weighted by molar-refractivity contribution is 6.01. The summed E-state index contributed by atoms with van der Waals surface area (Å²) < 4.78 is 50.5. The van der Waals surface area contributed by atoms with E-state index >= 15 is 24.0 Å². The average Bonchev–Trinajstić information content (AvgIpc) is 0.722. The molecule has 19 N–H and O–H groups in total. The highest BCUT2D eigenvalue weighted by atomic mass is 16.8. The van der Waals surface area contributed by atoms with Crippen molar-refractivity contribution in [3.8, 4) is 57.1 Å². The van der Waals surface area contributed by atoms with E-state index in [0.29, 0.717) is 17.7 Å². The number of nitrogens with two attached hydrogens (primary N) is 1. The Morgan fingerprint density at radius 2 is 1.19 bits per heavy atom. The van der Waals surface area contributed by atoms with Crippen molar-refractivity contribution >= 4 is 47.1 Å². The standard InChI is InChI=1S/C79H98N8O27/c1-12-41-25-47(92)35(8)77(107-41)113-69-53(28-88)111-79(67(100)64(69)97)114-70-54(29-89)110-78(66(99)65(70)98)112-68-51-23-40-24-52(68)109-50-18-15-39(21-32(50)5)63(96)61(86-72(102)45(87(10)11)19-30(2)3)76(106)81-44(27-55(80)94)71(101)84-60(40)75(105)85-59-38-13-16-46(91)42(22-38)56-43(26-48(93)34(7)62(56)95)58(36(9)90)83-73(103)57(82-74(59)104)33(6)37-14-17-49(108-51)31(4)20-37/h13-18,20-26,30,33,35,44-45,47,53-54,57-61,63-67,69-70,77-79,88-89,91-93,95-100H,12,19,27-29H2,1-11H3,(H2,80,94)(H,81,106)(H,82,104)(H,83,103)(H,84,101)(H,85,105)(H,86,102)/t33-,35-,44+,45-,47+,53-,54-,57+,58+,59-,60-,61-,63-,64-,65-,66-,67-,69-,70-,77+,78+,79+/m1/s1. The van der Waals surface area contributed by atoms with Gasteiger partial charge in [-0.1, -0.05) is 58.9 Å². The minimum absolute atomic E-state index is 0.0205. The number of allylic oxidation sites excluding steroid dienone is 1. The first-order valence-corrected chi connectivity index (χ1v) is 37.3. The molecule has 0 radical (unpaired) electrons. The number of amides is 7. The molecule has 35 heteroatoms. The molecule has 2 saturated heterocycles. The zero-order valence-corrected chi connectivity index (χ0v) is 64.3. The number of rotatable bonds is 17. The van der Waals surface area contributed by atoms with Crippen LogP contribution in [-0.4, -0.2) is 233 Å². The van der Waals surface area contributed by atoms with E-state index in [1.807, 2.05) is 13.8 Å². The van der Waals surface area contributed by atoms with Crippen LogP contribution >= 0.6 is 0 Å². The van der Waals surface area contributed by atoms with Crippen LogP contribution in [0.5, 0.6) is 46.0 Å². The summed E-state index contributed by atoms with van der Waals surface area (Å²) in [5, 5.41) is 144. The molecule has 8 heterocycles. The number of aromatic hydroxyl groups is 3. The van der Waals surface area contributed by atoms with Gasteiger partial charge in [-0.25, -0.2) is 0 Å². The van der Waals surface area contributed by atoms with Crippen molar-refractivity contribution in [2.45, 2.75) is 210 Å². The molecule has 2 fully saturated rings. The molecule has 7 amide bonds. The molecule has 8 aliphatic rings. The van der Waals surface area contributed by atoms with Crippen LogP contribution in [0.15, 0.2) is 84.6 Å². The number of primary amides is 1. The Morgan fingerprint density at radius 1 is 0.632 bits per heavy atom. The minimum atomic E-state index is -2.28. The van der Waals surface area contributed by atoms with Crippen LogP contribution in [0.1, 0.15) is 135 Å². The fourth-order valence-corrected chi connectivity index (χ4v) is 14.7. The quantitative estimate of drug-likeness (QED) is 0.0615. The summed E-state index contributed by atoms with van der Waals surface area (Å²) in [4.78, 5) is 121. The maximum Gasteiger partial charge on any atom is 0.248 e. The highest BCUT2D eigenvalue weighted by Gasteiger charge is 2.54. The van der Waals surface area contributed by atoms with Gasteiger partial charge in [-0.2, -0.15) is 0 Å². The Hall–Kier alpha value is -10.1. The summed E-state index contributed by atoms with van der Waals surface area (Å²) in [6, 6.07) is 2.72. The molecule has 114 heavy (non-hydrogen) atoms. The Bertz CT molecular complexity index is 4540. The predicted molar refractivity (Wildman–Crippen MR) is 398 cm³/mol. The topological polar surface area (TPSA) is 534 Å². The number of fused-ring (bicyclic) bond motifs is 15. The van der Waals surface area contributed by atoms with Gasteiger partial charge in [0.15, 0.2) is 23.6 Å². The number of phenolic OH excluding ortho intramolecular Hbond substituents is 3.